The van der Waals surface area contributed by atoms with Crippen molar-refractivity contribution in [1.82, 2.24) is 4.90 Å². The molecular formula is C50H64N2O9. The molecule has 11 nitrogen and oxygen atoms in total. The van der Waals surface area contributed by atoms with E-state index in [-0.39, 0.29) is 44.2 Å². The van der Waals surface area contributed by atoms with Crippen molar-refractivity contribution in [2.75, 3.05) is 39.6 Å². The third-order valence-electron chi connectivity index (χ3n) is 12.6. The lowest BCUT2D eigenvalue weighted by Crippen LogP contribution is -2.70. The molecule has 328 valence electrons. The first-order valence-electron chi connectivity index (χ1n) is 22.6. The van der Waals surface area contributed by atoms with Gasteiger partial charge in [0, 0.05) is 44.1 Å². The van der Waals surface area contributed by atoms with E-state index in [0.29, 0.717) is 56.1 Å². The average molecular weight is 837 g/mol. The molecule has 2 fully saturated rings. The summed E-state index contributed by atoms with van der Waals surface area (Å²) in [6.07, 6.45) is 11.6. The monoisotopic (exact) mass is 836 g/mol. The fraction of sp³-hybridized carbons (Fsp3) is 0.520. The van der Waals surface area contributed by atoms with E-state index in [1.165, 1.54) is 0 Å². The Morgan fingerprint density at radius 1 is 0.951 bits per heavy atom. The molecule has 1 amide bonds. The van der Waals surface area contributed by atoms with Crippen LogP contribution in [0.2, 0.25) is 0 Å². The second kappa shape index (κ2) is 21.4. The first kappa shape index (κ1) is 44.4. The van der Waals surface area contributed by atoms with Gasteiger partial charge in [-0.2, -0.15) is 0 Å². The molecule has 2 aliphatic heterocycles. The minimum atomic E-state index is -1.36. The van der Waals surface area contributed by atoms with Gasteiger partial charge in [-0.05, 0) is 111 Å². The summed E-state index contributed by atoms with van der Waals surface area (Å²) in [4.78, 5) is 22.1. The Bertz CT molecular complexity index is 1950. The molecule has 4 aliphatic rings. The second-order valence-corrected chi connectivity index (χ2v) is 16.6. The number of fused-ring (bicyclic) bond motifs is 2. The van der Waals surface area contributed by atoms with Crippen LogP contribution in [0.15, 0.2) is 102 Å². The van der Waals surface area contributed by atoms with Gasteiger partial charge < -0.3 is 38.7 Å². The predicted molar refractivity (Wildman–Crippen MR) is 236 cm³/mol. The van der Waals surface area contributed by atoms with Crippen LogP contribution in [0.4, 0.5) is 4.79 Å². The van der Waals surface area contributed by atoms with E-state index in [4.69, 9.17) is 33.7 Å². The smallest absolute Gasteiger partial charge is 0.410 e. The molecule has 2 N–H and O–H groups in total. The van der Waals surface area contributed by atoms with E-state index in [1.54, 1.807) is 11.0 Å². The molecular weight excluding hydrogens is 773 g/mol. The summed E-state index contributed by atoms with van der Waals surface area (Å²) < 4.78 is 32.7. The summed E-state index contributed by atoms with van der Waals surface area (Å²) in [6.45, 7) is 9.55. The van der Waals surface area contributed by atoms with Crippen LogP contribution >= 0.6 is 0 Å². The summed E-state index contributed by atoms with van der Waals surface area (Å²) in [5.41, 5.74) is 4.93. The van der Waals surface area contributed by atoms with Crippen molar-refractivity contribution in [2.24, 2.45) is 22.9 Å². The van der Waals surface area contributed by atoms with Crippen molar-refractivity contribution >= 4 is 11.8 Å². The Balaban J connectivity index is 1.39. The van der Waals surface area contributed by atoms with Crippen LogP contribution in [0.5, 0.6) is 17.2 Å². The molecule has 0 bridgehead atoms. The quantitative estimate of drug-likeness (QED) is 0.0649. The molecule has 0 aromatic heterocycles. The summed E-state index contributed by atoms with van der Waals surface area (Å²) >= 11 is 0. The average Bonchev–Trinajstić information content (AvgIpc) is 3.29. The molecule has 7 rings (SSSR count). The van der Waals surface area contributed by atoms with Crippen LogP contribution in [0.25, 0.3) is 11.1 Å². The Labute approximate surface area is 361 Å². The number of benzene rings is 3. The van der Waals surface area contributed by atoms with Crippen LogP contribution in [0.1, 0.15) is 96.0 Å². The largest absolute Gasteiger partial charge is 0.459 e. The number of aliphatic hydroxyl groups is 2. The third kappa shape index (κ3) is 10.0. The van der Waals surface area contributed by atoms with Gasteiger partial charge >= 0.3 is 6.09 Å². The zero-order valence-corrected chi connectivity index (χ0v) is 35.9. The molecule has 1 saturated carbocycles. The molecule has 2 aliphatic carbocycles. The summed E-state index contributed by atoms with van der Waals surface area (Å²) in [7, 11) is 0. The van der Waals surface area contributed by atoms with Crippen molar-refractivity contribution in [3.8, 4) is 28.4 Å². The highest BCUT2D eigenvalue weighted by molar-refractivity contribution is 6.03. The molecule has 7 atom stereocenters. The fourth-order valence-corrected chi connectivity index (χ4v) is 9.93. The first-order chi connectivity index (χ1) is 29.9. The number of allylic oxidation sites excluding steroid dienone is 1. The lowest BCUT2D eigenvalue weighted by atomic mass is 9.55. The highest BCUT2D eigenvalue weighted by Crippen LogP contribution is 2.62. The number of hydrogen-bond acceptors (Lipinski definition) is 10. The van der Waals surface area contributed by atoms with Crippen molar-refractivity contribution in [2.45, 2.75) is 109 Å². The van der Waals surface area contributed by atoms with Gasteiger partial charge in [0.25, 0.3) is 0 Å². The van der Waals surface area contributed by atoms with Gasteiger partial charge in [0.2, 0.25) is 12.1 Å². The third-order valence-corrected chi connectivity index (χ3v) is 12.6. The Morgan fingerprint density at radius 2 is 1.70 bits per heavy atom. The van der Waals surface area contributed by atoms with Gasteiger partial charge in [-0.25, -0.2) is 4.79 Å². The highest BCUT2D eigenvalue weighted by atomic mass is 16.8. The van der Waals surface area contributed by atoms with Crippen molar-refractivity contribution < 1.29 is 43.5 Å². The van der Waals surface area contributed by atoms with Gasteiger partial charge in [-0.3, -0.25) is 4.90 Å². The van der Waals surface area contributed by atoms with E-state index >= 15 is 0 Å². The number of carbonyl (C=O) groups excluding carboxylic acids is 1. The zero-order valence-electron chi connectivity index (χ0n) is 35.9. The maximum absolute atomic E-state index is 14.1. The SMILES string of the molecule is C=CCO[C@@]12Oc3ccc(Oc4ccc(-c5ccccc5)cc4)cc3[C@H]3[C@H](CCCCO)[C@@H](CCCCO)C=C(C(=NOC4CCCCO4)C[C@@H]1N(CCC)C(=O)OCC)[C@H]32. The Morgan fingerprint density at radius 3 is 2.41 bits per heavy atom. The number of carbonyl (C=O) groups is 1. The van der Waals surface area contributed by atoms with E-state index in [1.807, 2.05) is 56.3 Å². The number of nitrogens with zero attached hydrogens (tertiary/aromatic N) is 2. The molecule has 3 aromatic rings. The number of aliphatic hydroxyl groups excluding tert-OH is 2. The molecule has 61 heavy (non-hydrogen) atoms. The van der Waals surface area contributed by atoms with Gasteiger partial charge in [-0.1, -0.05) is 79.5 Å². The number of oxime groups is 1. The molecule has 0 spiro atoms. The molecule has 0 radical (unpaired) electrons. The summed E-state index contributed by atoms with van der Waals surface area (Å²) in [5, 5.41) is 24.8. The standard InChI is InChI=1S/C50H64N2O9/c1-4-27-52(49(55)56-6-3)45-34-43(51-61-46-20-12-15-31-57-46)41-32-37(18-10-13-28-53)40(19-11-14-29-54)47-42-33-39(25-26-44(42)60-50(45,48(41)47)58-30-5-2)59-38-23-21-36(22-24-38)35-16-8-7-9-17-35/h5,7-9,16-17,21-26,32-33,37,40,45-48,53-54H,2,4,6,10-15,18-20,27-31,34H2,1,3H3/t37-,40+,45-,46?,47+,48+,50+/m0/s1. The van der Waals surface area contributed by atoms with Crippen LogP contribution in [-0.4, -0.2) is 84.6 Å². The number of ether oxygens (including phenoxy) is 5. The number of hydrogen-bond donors (Lipinski definition) is 2. The van der Waals surface area contributed by atoms with Crippen molar-refractivity contribution in [3.63, 3.8) is 0 Å². The Hall–Kier alpha value is -4.68. The topological polar surface area (TPSA) is 129 Å². The molecule has 11 heteroatoms. The number of rotatable bonds is 20. The molecule has 3 aromatic carbocycles. The minimum absolute atomic E-state index is 0.0820. The van der Waals surface area contributed by atoms with Crippen LogP contribution in [0, 0.1) is 17.8 Å². The fourth-order valence-electron chi connectivity index (χ4n) is 9.93. The second-order valence-electron chi connectivity index (χ2n) is 16.6. The normalized spacial score (nSPS) is 26.0. The van der Waals surface area contributed by atoms with Gasteiger partial charge in [-0.15, -0.1) is 6.58 Å². The summed E-state index contributed by atoms with van der Waals surface area (Å²) in [6, 6.07) is 23.7. The van der Waals surface area contributed by atoms with Crippen molar-refractivity contribution in [3.05, 3.63) is 103 Å². The molecule has 2 heterocycles. The Kier molecular flexibility index (Phi) is 15.6. The van der Waals surface area contributed by atoms with Crippen LogP contribution in [0.3, 0.4) is 0 Å². The van der Waals surface area contributed by atoms with E-state index < -0.39 is 30.1 Å². The number of unbranched alkanes of at least 4 members (excludes halogenated alkanes) is 2. The maximum Gasteiger partial charge on any atom is 0.410 e. The minimum Gasteiger partial charge on any atom is -0.459 e. The highest BCUT2D eigenvalue weighted by Gasteiger charge is 2.65. The predicted octanol–water partition coefficient (Wildman–Crippen LogP) is 10.2. The van der Waals surface area contributed by atoms with E-state index in [2.05, 4.69) is 43.0 Å². The van der Waals surface area contributed by atoms with E-state index in [0.717, 1.165) is 72.9 Å². The van der Waals surface area contributed by atoms with E-state index in [9.17, 15) is 15.0 Å². The zero-order chi connectivity index (χ0) is 42.6. The molecule has 1 unspecified atom stereocenters. The lowest BCUT2D eigenvalue weighted by molar-refractivity contribution is -0.255. The van der Waals surface area contributed by atoms with Crippen LogP contribution < -0.4 is 9.47 Å². The number of amides is 1. The lowest BCUT2D eigenvalue weighted by Gasteiger charge is -2.59. The van der Waals surface area contributed by atoms with Gasteiger partial charge in [0.15, 0.2) is 0 Å². The first-order valence-corrected chi connectivity index (χ1v) is 22.6. The van der Waals surface area contributed by atoms with Crippen molar-refractivity contribution in [1.29, 1.82) is 0 Å². The summed E-state index contributed by atoms with van der Waals surface area (Å²) in [5.74, 6) is 0.260. The maximum atomic E-state index is 14.1. The van der Waals surface area contributed by atoms with Gasteiger partial charge in [0.05, 0.1) is 31.5 Å². The van der Waals surface area contributed by atoms with Gasteiger partial charge in [0.1, 0.15) is 23.3 Å². The molecule has 1 saturated heterocycles. The van der Waals surface area contributed by atoms with Crippen LogP contribution in [-0.2, 0) is 19.0 Å².